The first-order chi connectivity index (χ1) is 9.08. The molecular weight excluding hydrogens is 270 g/mol. The summed E-state index contributed by atoms with van der Waals surface area (Å²) < 4.78 is 6.37. The topological polar surface area (TPSA) is 95.9 Å². The molecule has 2 N–H and O–H groups in total. The molecule has 7 nitrogen and oxygen atoms in total. The molecule has 0 saturated heterocycles. The number of hydrogen-bond acceptors (Lipinski definition) is 5. The maximum atomic E-state index is 10.6. The van der Waals surface area contributed by atoms with Gasteiger partial charge in [0.2, 0.25) is 11.8 Å². The molecule has 19 heavy (non-hydrogen) atoms. The van der Waals surface area contributed by atoms with E-state index in [0.717, 1.165) is 0 Å². The van der Waals surface area contributed by atoms with Crippen LogP contribution in [-0.2, 0) is 4.79 Å². The van der Waals surface area contributed by atoms with Crippen molar-refractivity contribution in [1.29, 1.82) is 0 Å². The first-order valence-corrected chi connectivity index (χ1v) is 5.57. The monoisotopic (exact) mass is 279 g/mol. The second-order valence-electron chi connectivity index (χ2n) is 3.49. The number of hydrogen-bond donors (Lipinski definition) is 1. The number of amides is 1. The summed E-state index contributed by atoms with van der Waals surface area (Å²) in [4.78, 5) is 18.6. The number of halogens is 1. The van der Waals surface area contributed by atoms with Crippen molar-refractivity contribution in [2.24, 2.45) is 5.73 Å². The molecule has 8 heteroatoms. The van der Waals surface area contributed by atoms with Crippen molar-refractivity contribution in [1.82, 2.24) is 19.7 Å². The van der Waals surface area contributed by atoms with E-state index >= 15 is 0 Å². The predicted octanol–water partition coefficient (Wildman–Crippen LogP) is 0.958. The quantitative estimate of drug-likeness (QED) is 0.664. The number of carbonyl (C=O) groups is 1. The largest absolute Gasteiger partial charge is 0.481 e. The number of rotatable bonds is 4. The number of carbonyl (C=O) groups excluding carboxylic acids is 1. The van der Waals surface area contributed by atoms with E-state index in [1.807, 2.05) is 0 Å². The molecule has 2 aromatic rings. The lowest BCUT2D eigenvalue weighted by molar-refractivity contribution is -0.113. The van der Waals surface area contributed by atoms with Crippen molar-refractivity contribution in [2.45, 2.75) is 0 Å². The Morgan fingerprint density at radius 3 is 3.00 bits per heavy atom. The molecule has 0 spiro atoms. The number of ether oxygens (including phenoxy) is 1. The minimum Gasteiger partial charge on any atom is -0.481 e. The fourth-order valence-electron chi connectivity index (χ4n) is 1.34. The molecule has 0 radical (unpaired) electrons. The number of primary amides is 1. The molecule has 0 aliphatic heterocycles. The Bertz CT molecular complexity index is 638. The Balaban J connectivity index is 2.32. The summed E-state index contributed by atoms with van der Waals surface area (Å²) in [5.41, 5.74) is 5.64. The van der Waals surface area contributed by atoms with Crippen molar-refractivity contribution in [3.8, 4) is 17.3 Å². The molecule has 0 aliphatic rings. The van der Waals surface area contributed by atoms with Crippen LogP contribution in [0.15, 0.2) is 24.5 Å². The summed E-state index contributed by atoms with van der Waals surface area (Å²) in [6.07, 6.45) is 4.02. The van der Waals surface area contributed by atoms with E-state index < -0.39 is 5.91 Å². The first kappa shape index (κ1) is 13.0. The molecule has 1 amide bonds. The minimum absolute atomic E-state index is 0.276. The third-order valence-corrected chi connectivity index (χ3v) is 2.33. The zero-order chi connectivity index (χ0) is 13.8. The lowest BCUT2D eigenvalue weighted by Gasteiger charge is -2.01. The zero-order valence-corrected chi connectivity index (χ0v) is 10.7. The molecule has 0 atom stereocenters. The Labute approximate surface area is 113 Å². The van der Waals surface area contributed by atoms with Gasteiger partial charge in [0.05, 0.1) is 7.11 Å². The molecule has 2 rings (SSSR count). The van der Waals surface area contributed by atoms with E-state index in [-0.39, 0.29) is 5.15 Å². The molecule has 0 bridgehead atoms. The molecule has 0 aromatic carbocycles. The van der Waals surface area contributed by atoms with Crippen molar-refractivity contribution in [3.63, 3.8) is 0 Å². The van der Waals surface area contributed by atoms with Gasteiger partial charge in [-0.1, -0.05) is 11.6 Å². The number of pyridine rings is 1. The van der Waals surface area contributed by atoms with Crippen LogP contribution in [0.4, 0.5) is 0 Å². The van der Waals surface area contributed by atoms with Gasteiger partial charge in [-0.25, -0.2) is 14.6 Å². The third kappa shape index (κ3) is 3.29. The van der Waals surface area contributed by atoms with Gasteiger partial charge in [0, 0.05) is 23.9 Å². The number of nitrogens with two attached hydrogens (primary N) is 1. The highest BCUT2D eigenvalue weighted by Crippen LogP contribution is 2.22. The van der Waals surface area contributed by atoms with Crippen molar-refractivity contribution in [3.05, 3.63) is 29.7 Å². The van der Waals surface area contributed by atoms with Crippen LogP contribution >= 0.6 is 11.6 Å². The average molecular weight is 280 g/mol. The Morgan fingerprint density at radius 1 is 1.53 bits per heavy atom. The van der Waals surface area contributed by atoms with Crippen LogP contribution in [0, 0.1) is 0 Å². The van der Waals surface area contributed by atoms with E-state index in [9.17, 15) is 4.79 Å². The van der Waals surface area contributed by atoms with Gasteiger partial charge in [0.1, 0.15) is 11.5 Å². The van der Waals surface area contributed by atoms with E-state index in [1.165, 1.54) is 30.4 Å². The Morgan fingerprint density at radius 2 is 2.32 bits per heavy atom. The van der Waals surface area contributed by atoms with E-state index in [0.29, 0.717) is 17.3 Å². The summed E-state index contributed by atoms with van der Waals surface area (Å²) in [6, 6.07) is 3.27. The van der Waals surface area contributed by atoms with Gasteiger partial charge >= 0.3 is 0 Å². The van der Waals surface area contributed by atoms with Crippen LogP contribution in [0.5, 0.6) is 5.88 Å². The second-order valence-corrected chi connectivity index (χ2v) is 3.87. The first-order valence-electron chi connectivity index (χ1n) is 5.19. The van der Waals surface area contributed by atoms with Gasteiger partial charge in [-0.05, 0) is 6.07 Å². The second kappa shape index (κ2) is 5.49. The standard InChI is InChI=1S/C11H10ClN5O2/c1-19-10-5-7(4-8(12)15-10)11-14-6-17(16-11)3-2-9(13)18/h2-6H,1H3,(H2,13,18)/b3-2-. The van der Waals surface area contributed by atoms with Crippen LogP contribution in [0.1, 0.15) is 0 Å². The SMILES string of the molecule is COc1cc(-c2ncn(/C=C\C(N)=O)n2)cc(Cl)n1. The fourth-order valence-corrected chi connectivity index (χ4v) is 1.54. The Hall–Kier alpha value is -2.41. The average Bonchev–Trinajstić information content (AvgIpc) is 2.84. The summed E-state index contributed by atoms with van der Waals surface area (Å²) in [6.45, 7) is 0. The van der Waals surface area contributed by atoms with Gasteiger partial charge < -0.3 is 10.5 Å². The van der Waals surface area contributed by atoms with Crippen LogP contribution < -0.4 is 10.5 Å². The number of nitrogens with zero attached hydrogens (tertiary/aromatic N) is 4. The van der Waals surface area contributed by atoms with Crippen LogP contribution in [0.2, 0.25) is 5.15 Å². The number of aromatic nitrogens is 4. The lowest BCUT2D eigenvalue weighted by Crippen LogP contribution is -2.06. The molecule has 0 saturated carbocycles. The molecular formula is C11H10ClN5O2. The minimum atomic E-state index is -0.564. The van der Waals surface area contributed by atoms with Gasteiger partial charge in [-0.15, -0.1) is 5.10 Å². The highest BCUT2D eigenvalue weighted by Gasteiger charge is 2.07. The van der Waals surface area contributed by atoms with E-state index in [4.69, 9.17) is 22.1 Å². The van der Waals surface area contributed by atoms with Crippen LogP contribution in [-0.4, -0.2) is 32.8 Å². The summed E-state index contributed by atoms with van der Waals surface area (Å²) in [5.74, 6) is 0.230. The third-order valence-electron chi connectivity index (χ3n) is 2.14. The normalized spacial score (nSPS) is 10.8. The van der Waals surface area contributed by atoms with Gasteiger partial charge in [-0.2, -0.15) is 0 Å². The van der Waals surface area contributed by atoms with E-state index in [1.54, 1.807) is 12.1 Å². The van der Waals surface area contributed by atoms with Crippen molar-refractivity contribution < 1.29 is 9.53 Å². The van der Waals surface area contributed by atoms with Crippen molar-refractivity contribution in [2.75, 3.05) is 7.11 Å². The maximum absolute atomic E-state index is 10.6. The highest BCUT2D eigenvalue weighted by molar-refractivity contribution is 6.29. The lowest BCUT2D eigenvalue weighted by atomic mass is 10.2. The molecule has 2 heterocycles. The number of methoxy groups -OCH3 is 1. The molecule has 0 unspecified atom stereocenters. The van der Waals surface area contributed by atoms with Crippen LogP contribution in [0.3, 0.4) is 0 Å². The highest BCUT2D eigenvalue weighted by atomic mass is 35.5. The fraction of sp³-hybridized carbons (Fsp3) is 0.0909. The molecule has 0 aliphatic carbocycles. The van der Waals surface area contributed by atoms with Gasteiger partial charge in [0.15, 0.2) is 5.82 Å². The van der Waals surface area contributed by atoms with Crippen molar-refractivity contribution >= 4 is 23.7 Å². The molecule has 98 valence electrons. The van der Waals surface area contributed by atoms with Crippen LogP contribution in [0.25, 0.3) is 17.6 Å². The molecule has 0 fully saturated rings. The zero-order valence-electron chi connectivity index (χ0n) is 9.95. The van der Waals surface area contributed by atoms with Gasteiger partial charge in [-0.3, -0.25) is 4.79 Å². The van der Waals surface area contributed by atoms with E-state index in [2.05, 4.69) is 15.1 Å². The maximum Gasteiger partial charge on any atom is 0.242 e. The Kier molecular flexibility index (Phi) is 3.76. The summed E-state index contributed by atoms with van der Waals surface area (Å²) in [5, 5.41) is 4.41. The smallest absolute Gasteiger partial charge is 0.242 e. The predicted molar refractivity (Wildman–Crippen MR) is 69.3 cm³/mol. The van der Waals surface area contributed by atoms with Gasteiger partial charge in [0.25, 0.3) is 0 Å². The molecule has 2 aromatic heterocycles. The summed E-state index contributed by atoms with van der Waals surface area (Å²) in [7, 11) is 1.49. The summed E-state index contributed by atoms with van der Waals surface area (Å²) >= 11 is 5.86.